The maximum Gasteiger partial charge on any atom is 0.332 e. The largest absolute Gasteiger partial charge is 0.430 e. The van der Waals surface area contributed by atoms with E-state index in [-0.39, 0.29) is 0 Å². The van der Waals surface area contributed by atoms with Gasteiger partial charge in [-0.05, 0) is 28.1 Å². The summed E-state index contributed by atoms with van der Waals surface area (Å²) in [4.78, 5) is 13.7. The number of aromatic nitrogens is 1. The zero-order chi connectivity index (χ0) is 14.0. The number of hydrogen-bond acceptors (Lipinski definition) is 4. The molecule has 0 radical (unpaired) electrons. The van der Waals surface area contributed by atoms with Crippen molar-refractivity contribution < 1.29 is 18.4 Å². The number of pyridine rings is 1. The summed E-state index contributed by atoms with van der Waals surface area (Å²) in [5.74, 6) is -3.24. The number of hydrogen-bond donors (Lipinski definition) is 0. The molecule has 2 aromatic rings. The van der Waals surface area contributed by atoms with Crippen LogP contribution in [0.25, 0.3) is 0 Å². The minimum absolute atomic E-state index is 0.367. The molecule has 1 aromatic carbocycles. The molecule has 0 bridgehead atoms. The molecule has 1 heterocycles. The van der Waals surface area contributed by atoms with Crippen LogP contribution in [0.3, 0.4) is 0 Å². The van der Waals surface area contributed by atoms with Crippen molar-refractivity contribution in [2.45, 2.75) is 0 Å². The molecule has 0 saturated heterocycles. The Morgan fingerprint density at radius 3 is 2.79 bits per heavy atom. The highest BCUT2D eigenvalue weighted by Gasteiger charge is 2.20. The first-order chi connectivity index (χ1) is 8.99. The van der Waals surface area contributed by atoms with Gasteiger partial charge in [0.15, 0.2) is 11.6 Å². The van der Waals surface area contributed by atoms with E-state index >= 15 is 0 Å². The van der Waals surface area contributed by atoms with E-state index < -0.39 is 33.9 Å². The third-order valence-corrected chi connectivity index (χ3v) is 2.55. The number of nitrogens with zero attached hydrogens (tertiary/aromatic N) is 2. The first-order valence-corrected chi connectivity index (χ1v) is 5.70. The number of halogens is 3. The molecule has 8 heteroatoms. The Bertz CT molecular complexity index is 652. The van der Waals surface area contributed by atoms with E-state index in [0.717, 1.165) is 18.2 Å². The summed E-state index contributed by atoms with van der Waals surface area (Å²) in [7, 11) is 0. The lowest BCUT2D eigenvalue weighted by molar-refractivity contribution is -0.386. The Kier molecular flexibility index (Phi) is 3.70. The van der Waals surface area contributed by atoms with Crippen molar-refractivity contribution in [2.24, 2.45) is 0 Å². The van der Waals surface area contributed by atoms with Crippen LogP contribution in [0.5, 0.6) is 11.6 Å². The van der Waals surface area contributed by atoms with Gasteiger partial charge in [0.2, 0.25) is 5.82 Å². The van der Waals surface area contributed by atoms with Gasteiger partial charge < -0.3 is 4.74 Å². The Labute approximate surface area is 114 Å². The van der Waals surface area contributed by atoms with Crippen molar-refractivity contribution in [1.82, 2.24) is 4.98 Å². The van der Waals surface area contributed by atoms with E-state index in [1.807, 2.05) is 0 Å². The summed E-state index contributed by atoms with van der Waals surface area (Å²) < 4.78 is 31.7. The van der Waals surface area contributed by atoms with Crippen LogP contribution in [-0.4, -0.2) is 9.91 Å². The molecule has 1 aromatic heterocycles. The second-order valence-corrected chi connectivity index (χ2v) is 4.30. The molecule has 0 unspecified atom stereocenters. The Morgan fingerprint density at radius 2 is 2.11 bits per heavy atom. The maximum absolute atomic E-state index is 13.4. The fourth-order valence-corrected chi connectivity index (χ4v) is 1.61. The van der Waals surface area contributed by atoms with Crippen LogP contribution in [0.4, 0.5) is 14.5 Å². The molecular formula is C11H5BrF2N2O3. The van der Waals surface area contributed by atoms with Crippen LogP contribution in [0, 0.1) is 21.7 Å². The highest BCUT2D eigenvalue weighted by Crippen LogP contribution is 2.32. The van der Waals surface area contributed by atoms with Crippen molar-refractivity contribution >= 4 is 21.6 Å². The smallest absolute Gasteiger partial charge is 0.332 e. The second-order valence-electron chi connectivity index (χ2n) is 3.39. The van der Waals surface area contributed by atoms with E-state index in [2.05, 4.69) is 20.9 Å². The van der Waals surface area contributed by atoms with Crippen LogP contribution in [-0.2, 0) is 0 Å². The monoisotopic (exact) mass is 330 g/mol. The molecule has 0 amide bonds. The zero-order valence-corrected chi connectivity index (χ0v) is 10.7. The number of rotatable bonds is 3. The lowest BCUT2D eigenvalue weighted by Gasteiger charge is -2.06. The highest BCUT2D eigenvalue weighted by molar-refractivity contribution is 9.10. The van der Waals surface area contributed by atoms with Gasteiger partial charge in [0.25, 0.3) is 5.88 Å². The Morgan fingerprint density at radius 1 is 1.37 bits per heavy atom. The lowest BCUT2D eigenvalue weighted by atomic mass is 10.3. The standard InChI is InChI=1S/C11H5BrF2N2O3/c12-6-4-8(16(17)18)11(15-5-6)19-9-3-1-2-7(13)10(9)14/h1-5H. The molecule has 0 aliphatic carbocycles. The predicted octanol–water partition coefficient (Wildman–Crippen LogP) is 3.82. The molecule has 0 spiro atoms. The highest BCUT2D eigenvalue weighted by atomic mass is 79.9. The van der Waals surface area contributed by atoms with E-state index in [9.17, 15) is 18.9 Å². The topological polar surface area (TPSA) is 65.3 Å². The zero-order valence-electron chi connectivity index (χ0n) is 9.14. The summed E-state index contributed by atoms with van der Waals surface area (Å²) in [5, 5.41) is 10.8. The van der Waals surface area contributed by atoms with E-state index in [0.29, 0.717) is 4.47 Å². The molecule has 0 saturated carbocycles. The fraction of sp³-hybridized carbons (Fsp3) is 0. The van der Waals surface area contributed by atoms with Gasteiger partial charge in [-0.1, -0.05) is 6.07 Å². The summed E-state index contributed by atoms with van der Waals surface area (Å²) in [5.41, 5.74) is -0.460. The molecule has 98 valence electrons. The van der Waals surface area contributed by atoms with Gasteiger partial charge in [-0.3, -0.25) is 10.1 Å². The second kappa shape index (κ2) is 5.27. The van der Waals surface area contributed by atoms with Crippen molar-refractivity contribution in [3.63, 3.8) is 0 Å². The van der Waals surface area contributed by atoms with Gasteiger partial charge in [0.1, 0.15) is 0 Å². The minimum Gasteiger partial charge on any atom is -0.430 e. The molecule has 0 aliphatic heterocycles. The van der Waals surface area contributed by atoms with Crippen molar-refractivity contribution in [1.29, 1.82) is 0 Å². The SMILES string of the molecule is O=[N+]([O-])c1cc(Br)cnc1Oc1cccc(F)c1F. The molecule has 5 nitrogen and oxygen atoms in total. The van der Waals surface area contributed by atoms with Crippen molar-refractivity contribution in [3.05, 3.63) is 56.7 Å². The number of ether oxygens (including phenoxy) is 1. The van der Waals surface area contributed by atoms with Gasteiger partial charge in [-0.2, -0.15) is 4.39 Å². The molecule has 19 heavy (non-hydrogen) atoms. The van der Waals surface area contributed by atoms with Crippen LogP contribution in [0.15, 0.2) is 34.9 Å². The normalized spacial score (nSPS) is 10.3. The number of benzene rings is 1. The molecular weight excluding hydrogens is 326 g/mol. The molecule has 2 rings (SSSR count). The summed E-state index contributed by atoms with van der Waals surface area (Å²) >= 11 is 3.02. The first-order valence-electron chi connectivity index (χ1n) is 4.91. The van der Waals surface area contributed by atoms with Gasteiger partial charge >= 0.3 is 5.69 Å². The predicted molar refractivity (Wildman–Crippen MR) is 65.0 cm³/mol. The summed E-state index contributed by atoms with van der Waals surface area (Å²) in [6, 6.07) is 4.43. The van der Waals surface area contributed by atoms with Gasteiger partial charge in [-0.15, -0.1) is 0 Å². The van der Waals surface area contributed by atoms with E-state index in [1.54, 1.807) is 0 Å². The Balaban J connectivity index is 2.44. The summed E-state index contributed by atoms with van der Waals surface area (Å²) in [6.45, 7) is 0. The van der Waals surface area contributed by atoms with Crippen LogP contribution in [0.2, 0.25) is 0 Å². The van der Waals surface area contributed by atoms with Crippen molar-refractivity contribution in [3.8, 4) is 11.6 Å². The van der Waals surface area contributed by atoms with E-state index in [4.69, 9.17) is 4.74 Å². The number of nitro groups is 1. The fourth-order valence-electron chi connectivity index (χ4n) is 1.29. The van der Waals surface area contributed by atoms with Crippen LogP contribution < -0.4 is 4.74 Å². The maximum atomic E-state index is 13.4. The first kappa shape index (κ1) is 13.3. The van der Waals surface area contributed by atoms with Crippen LogP contribution >= 0.6 is 15.9 Å². The van der Waals surface area contributed by atoms with Gasteiger partial charge in [0, 0.05) is 16.7 Å². The van der Waals surface area contributed by atoms with Crippen LogP contribution in [0.1, 0.15) is 0 Å². The van der Waals surface area contributed by atoms with Gasteiger partial charge in [0.05, 0.1) is 4.92 Å². The van der Waals surface area contributed by atoms with Gasteiger partial charge in [-0.25, -0.2) is 9.37 Å². The summed E-state index contributed by atoms with van der Waals surface area (Å²) in [6.07, 6.45) is 1.25. The molecule has 0 fully saturated rings. The third-order valence-electron chi connectivity index (χ3n) is 2.12. The Hall–Kier alpha value is -2.09. The van der Waals surface area contributed by atoms with Crippen molar-refractivity contribution in [2.75, 3.05) is 0 Å². The third kappa shape index (κ3) is 2.84. The van der Waals surface area contributed by atoms with E-state index in [1.165, 1.54) is 12.3 Å². The lowest BCUT2D eigenvalue weighted by Crippen LogP contribution is -1.98. The average Bonchev–Trinajstić information content (AvgIpc) is 2.36. The molecule has 0 N–H and O–H groups in total. The average molecular weight is 331 g/mol. The minimum atomic E-state index is -1.23. The quantitative estimate of drug-likeness (QED) is 0.633. The molecule has 0 aliphatic rings. The molecule has 0 atom stereocenters.